The molecule has 0 bridgehead atoms. The second kappa shape index (κ2) is 5.37. The van der Waals surface area contributed by atoms with Crippen LogP contribution in [0, 0.1) is 16.2 Å². The largest absolute Gasteiger partial charge is 0.280 e. The summed E-state index contributed by atoms with van der Waals surface area (Å²) in [5.41, 5.74) is 0.926. The van der Waals surface area contributed by atoms with Crippen LogP contribution in [0.1, 0.15) is 31.7 Å². The van der Waals surface area contributed by atoms with Gasteiger partial charge in [0.15, 0.2) is 0 Å². The van der Waals surface area contributed by atoms with Crippen LogP contribution in [0.5, 0.6) is 0 Å². The molecule has 0 atom stereocenters. The lowest BCUT2D eigenvalue weighted by Gasteiger charge is -2.00. The van der Waals surface area contributed by atoms with Crippen LogP contribution in [0.2, 0.25) is 0 Å². The maximum atomic E-state index is 10.6. The molecule has 0 saturated carbocycles. The molecule has 1 radical (unpaired) electrons. The van der Waals surface area contributed by atoms with Gasteiger partial charge in [0.25, 0.3) is 5.69 Å². The van der Waals surface area contributed by atoms with Crippen molar-refractivity contribution in [1.29, 1.82) is 0 Å². The lowest BCUT2D eigenvalue weighted by molar-refractivity contribution is -0.385. The van der Waals surface area contributed by atoms with Gasteiger partial charge in [-0.3, -0.25) is 10.1 Å². The summed E-state index contributed by atoms with van der Waals surface area (Å²) in [5.74, 6) is 0. The minimum Gasteiger partial charge on any atom is -0.258 e. The Morgan fingerprint density at radius 1 is 1.50 bits per heavy atom. The Labute approximate surface area is 83.9 Å². The van der Waals surface area contributed by atoms with Crippen LogP contribution in [0.4, 0.5) is 5.69 Å². The number of rotatable bonds is 5. The van der Waals surface area contributed by atoms with Crippen LogP contribution in [0.15, 0.2) is 18.2 Å². The van der Waals surface area contributed by atoms with Crippen molar-refractivity contribution in [2.75, 3.05) is 0 Å². The van der Waals surface area contributed by atoms with Crippen molar-refractivity contribution in [2.24, 2.45) is 0 Å². The number of hydrogen-bond donors (Lipinski definition) is 0. The summed E-state index contributed by atoms with van der Waals surface area (Å²) < 4.78 is 0. The van der Waals surface area contributed by atoms with E-state index in [0.717, 1.165) is 31.2 Å². The fourth-order valence-corrected chi connectivity index (χ4v) is 1.40. The zero-order valence-electron chi connectivity index (χ0n) is 8.32. The number of nitro groups is 1. The number of para-hydroxylation sites is 1. The van der Waals surface area contributed by atoms with Gasteiger partial charge in [0.1, 0.15) is 0 Å². The predicted octanol–water partition coefficient (Wildman–Crippen LogP) is 3.13. The van der Waals surface area contributed by atoms with Crippen LogP contribution in [-0.4, -0.2) is 4.92 Å². The van der Waals surface area contributed by atoms with Gasteiger partial charge in [0.2, 0.25) is 0 Å². The van der Waals surface area contributed by atoms with Gasteiger partial charge >= 0.3 is 0 Å². The Bertz CT molecular complexity index is 310. The van der Waals surface area contributed by atoms with Crippen molar-refractivity contribution in [3.05, 3.63) is 39.9 Å². The average molecular weight is 192 g/mol. The van der Waals surface area contributed by atoms with Crippen LogP contribution in [0.3, 0.4) is 0 Å². The quantitative estimate of drug-likeness (QED) is 0.408. The molecule has 3 heteroatoms. The number of unbranched alkanes of at least 4 members (excludes halogenated alkanes) is 2. The van der Waals surface area contributed by atoms with Gasteiger partial charge in [-0.25, -0.2) is 0 Å². The van der Waals surface area contributed by atoms with Gasteiger partial charge in [0.05, 0.1) is 11.0 Å². The lowest BCUT2D eigenvalue weighted by atomic mass is 10.1. The van der Waals surface area contributed by atoms with E-state index in [4.69, 9.17) is 0 Å². The number of benzene rings is 1. The Balaban J connectivity index is 2.69. The second-order valence-corrected chi connectivity index (χ2v) is 3.26. The molecule has 1 aromatic carbocycles. The van der Waals surface area contributed by atoms with Gasteiger partial charge in [0, 0.05) is 5.56 Å². The monoisotopic (exact) mass is 192 g/mol. The molecule has 0 aromatic heterocycles. The average Bonchev–Trinajstić information content (AvgIpc) is 2.19. The van der Waals surface area contributed by atoms with E-state index in [1.165, 1.54) is 0 Å². The van der Waals surface area contributed by atoms with E-state index in [1.54, 1.807) is 12.1 Å². The number of hydrogen-bond acceptors (Lipinski definition) is 2. The predicted molar refractivity (Wildman–Crippen MR) is 55.2 cm³/mol. The highest BCUT2D eigenvalue weighted by molar-refractivity contribution is 5.38. The molecule has 1 rings (SSSR count). The van der Waals surface area contributed by atoms with Gasteiger partial charge in [-0.1, -0.05) is 31.9 Å². The van der Waals surface area contributed by atoms with Crippen molar-refractivity contribution in [1.82, 2.24) is 0 Å². The SMILES string of the molecule is CCCCCc1ccc[c]c1[N+](=O)[O-]. The Morgan fingerprint density at radius 3 is 2.93 bits per heavy atom. The van der Waals surface area contributed by atoms with E-state index in [9.17, 15) is 10.1 Å². The summed E-state index contributed by atoms with van der Waals surface area (Å²) in [6, 6.07) is 7.86. The van der Waals surface area contributed by atoms with Gasteiger partial charge in [-0.2, -0.15) is 0 Å². The third kappa shape index (κ3) is 2.83. The third-order valence-corrected chi connectivity index (χ3v) is 2.15. The first-order chi connectivity index (χ1) is 6.75. The Hall–Kier alpha value is -1.38. The standard InChI is InChI=1S/C11H14NO2/c1-2-3-4-7-10-8-5-6-9-11(10)12(13)14/h5-6,8H,2-4,7H2,1H3. The normalized spacial score (nSPS) is 10.1. The molecule has 14 heavy (non-hydrogen) atoms. The molecule has 0 unspecified atom stereocenters. The number of aryl methyl sites for hydroxylation is 1. The molecule has 0 fully saturated rings. The van der Waals surface area contributed by atoms with Crippen LogP contribution >= 0.6 is 0 Å². The first-order valence-electron chi connectivity index (χ1n) is 4.89. The smallest absolute Gasteiger partial charge is 0.258 e. The van der Waals surface area contributed by atoms with Crippen LogP contribution in [0.25, 0.3) is 0 Å². The summed E-state index contributed by atoms with van der Waals surface area (Å²) in [6.07, 6.45) is 4.03. The molecule has 0 spiro atoms. The van der Waals surface area contributed by atoms with Crippen molar-refractivity contribution >= 4 is 5.69 Å². The summed E-state index contributed by atoms with van der Waals surface area (Å²) in [7, 11) is 0. The first-order valence-corrected chi connectivity index (χ1v) is 4.89. The number of nitrogens with zero attached hydrogens (tertiary/aromatic N) is 1. The minimum absolute atomic E-state index is 0.128. The van der Waals surface area contributed by atoms with E-state index in [1.807, 2.05) is 6.07 Å². The summed E-state index contributed by atoms with van der Waals surface area (Å²) in [5, 5.41) is 10.6. The molecular formula is C11H14NO2. The summed E-state index contributed by atoms with van der Waals surface area (Å²) in [6.45, 7) is 2.12. The Morgan fingerprint density at radius 2 is 2.29 bits per heavy atom. The van der Waals surface area contributed by atoms with Crippen molar-refractivity contribution in [3.63, 3.8) is 0 Å². The molecule has 0 heterocycles. The maximum absolute atomic E-state index is 10.6. The number of nitro benzene ring substituents is 1. The van der Waals surface area contributed by atoms with E-state index in [2.05, 4.69) is 13.0 Å². The molecule has 1 aromatic rings. The summed E-state index contributed by atoms with van der Waals surface area (Å²) >= 11 is 0. The molecule has 0 amide bonds. The van der Waals surface area contributed by atoms with E-state index in [-0.39, 0.29) is 10.6 Å². The summed E-state index contributed by atoms with van der Waals surface area (Å²) in [4.78, 5) is 10.3. The van der Waals surface area contributed by atoms with E-state index in [0.29, 0.717) is 0 Å². The molecule has 0 aliphatic carbocycles. The molecule has 0 aliphatic rings. The van der Waals surface area contributed by atoms with Crippen molar-refractivity contribution in [3.8, 4) is 0 Å². The topological polar surface area (TPSA) is 43.1 Å². The molecular weight excluding hydrogens is 178 g/mol. The minimum atomic E-state index is -0.360. The van der Waals surface area contributed by atoms with Gasteiger partial charge in [-0.05, 0) is 18.9 Å². The molecule has 75 valence electrons. The zero-order valence-corrected chi connectivity index (χ0v) is 8.32. The van der Waals surface area contributed by atoms with E-state index >= 15 is 0 Å². The zero-order chi connectivity index (χ0) is 10.4. The van der Waals surface area contributed by atoms with Crippen LogP contribution in [-0.2, 0) is 6.42 Å². The molecule has 3 nitrogen and oxygen atoms in total. The van der Waals surface area contributed by atoms with Crippen LogP contribution < -0.4 is 0 Å². The highest BCUT2D eigenvalue weighted by Crippen LogP contribution is 2.19. The Kier molecular flexibility index (Phi) is 4.11. The maximum Gasteiger partial charge on any atom is 0.280 e. The van der Waals surface area contributed by atoms with Crippen molar-refractivity contribution in [2.45, 2.75) is 32.6 Å². The van der Waals surface area contributed by atoms with Crippen molar-refractivity contribution < 1.29 is 4.92 Å². The highest BCUT2D eigenvalue weighted by Gasteiger charge is 2.11. The molecule has 0 aliphatic heterocycles. The first kappa shape index (κ1) is 10.7. The lowest BCUT2D eigenvalue weighted by Crippen LogP contribution is -1.95. The molecule has 0 saturated heterocycles. The fraction of sp³-hybridized carbons (Fsp3) is 0.455. The third-order valence-electron chi connectivity index (χ3n) is 2.15. The van der Waals surface area contributed by atoms with Gasteiger partial charge in [-0.15, -0.1) is 0 Å². The van der Waals surface area contributed by atoms with Gasteiger partial charge < -0.3 is 0 Å². The fourth-order valence-electron chi connectivity index (χ4n) is 1.40. The highest BCUT2D eigenvalue weighted by atomic mass is 16.6. The van der Waals surface area contributed by atoms with E-state index < -0.39 is 0 Å². The second-order valence-electron chi connectivity index (χ2n) is 3.26. The molecule has 0 N–H and O–H groups in total.